The SMILES string of the molecule is CC(C)[C@H](NC(=O)N(C)CC1(C2=CCCC2)CSC=N1)C(=O)N[C@@H](Cc1ccccc1)C[C@H](O)[C@H](Cc1ccccc1)NC(=O)OCc1cnco1. The summed E-state index contributed by atoms with van der Waals surface area (Å²) in [4.78, 5) is 50.8. The second kappa shape index (κ2) is 18.7. The van der Waals surface area contributed by atoms with Gasteiger partial charge in [0, 0.05) is 18.8 Å². The molecule has 1 aromatic heterocycles. The highest BCUT2D eigenvalue weighted by Crippen LogP contribution is 2.37. The van der Waals surface area contributed by atoms with Crippen molar-refractivity contribution in [2.45, 2.75) is 88.7 Å². The summed E-state index contributed by atoms with van der Waals surface area (Å²) in [7, 11) is 1.74. The van der Waals surface area contributed by atoms with Gasteiger partial charge in [-0.05, 0) is 61.1 Å². The molecule has 4 amide bonds. The molecule has 2 heterocycles. The third-order valence-electron chi connectivity index (χ3n) is 9.50. The Morgan fingerprint density at radius 2 is 1.73 bits per heavy atom. The summed E-state index contributed by atoms with van der Waals surface area (Å²) in [6.45, 7) is 4.08. The average molecular weight is 731 g/mol. The molecule has 13 heteroatoms. The van der Waals surface area contributed by atoms with Gasteiger partial charge in [0.05, 0.1) is 30.4 Å². The molecule has 2 aromatic carbocycles. The number of nitrogens with one attached hydrogen (secondary N) is 3. The summed E-state index contributed by atoms with van der Waals surface area (Å²) in [5.41, 5.74) is 4.58. The van der Waals surface area contributed by atoms with Crippen LogP contribution in [-0.4, -0.2) is 87.7 Å². The molecule has 278 valence electrons. The summed E-state index contributed by atoms with van der Waals surface area (Å²) >= 11 is 1.65. The van der Waals surface area contributed by atoms with Gasteiger partial charge in [-0.1, -0.05) is 80.6 Å². The molecule has 0 saturated carbocycles. The van der Waals surface area contributed by atoms with Gasteiger partial charge in [0.25, 0.3) is 0 Å². The Morgan fingerprint density at radius 3 is 2.33 bits per heavy atom. The first kappa shape index (κ1) is 38.6. The molecule has 1 aliphatic heterocycles. The van der Waals surface area contributed by atoms with Gasteiger partial charge < -0.3 is 35.1 Å². The number of nitrogens with zero attached hydrogens (tertiary/aromatic N) is 3. The lowest BCUT2D eigenvalue weighted by Crippen LogP contribution is -2.57. The molecule has 52 heavy (non-hydrogen) atoms. The van der Waals surface area contributed by atoms with Gasteiger partial charge in [-0.2, -0.15) is 0 Å². The molecular weight excluding hydrogens is 681 g/mol. The van der Waals surface area contributed by atoms with Gasteiger partial charge in [0.1, 0.15) is 11.6 Å². The lowest BCUT2D eigenvalue weighted by Gasteiger charge is -2.34. The molecule has 5 rings (SSSR count). The standard InChI is InChI=1S/C39H50N6O6S/c1-27(2)35(44-37(48)45(3)23-39(24-52-26-41-39)30-16-10-11-17-30)36(47)42-31(18-28-12-6-4-7-13-28)20-34(46)33(19-29-14-8-5-9-15-29)43-38(49)50-22-32-21-40-25-51-32/h4-9,12-16,21,25-27,31,33-35,46H,10-11,17-20,22-24H2,1-3H3,(H,42,47)(H,43,49)(H,44,48)/t31-,33-,34-,35-,39?/m0/s1. The number of benzene rings is 2. The molecule has 0 bridgehead atoms. The summed E-state index contributed by atoms with van der Waals surface area (Å²) in [5.74, 6) is 0.591. The predicted octanol–water partition coefficient (Wildman–Crippen LogP) is 5.28. The molecular formula is C39H50N6O6S. The maximum Gasteiger partial charge on any atom is 0.407 e. The van der Waals surface area contributed by atoms with Crippen molar-refractivity contribution in [1.82, 2.24) is 25.8 Å². The number of aromatic nitrogens is 1. The highest BCUT2D eigenvalue weighted by atomic mass is 32.2. The van der Waals surface area contributed by atoms with Crippen LogP contribution >= 0.6 is 11.8 Å². The normalized spacial score (nSPS) is 19.0. The molecule has 3 aromatic rings. The van der Waals surface area contributed by atoms with Crippen LogP contribution in [0.1, 0.15) is 56.4 Å². The van der Waals surface area contributed by atoms with E-state index in [2.05, 4.69) is 27.0 Å². The number of hydrogen-bond donors (Lipinski definition) is 4. The minimum Gasteiger partial charge on any atom is -0.445 e. The van der Waals surface area contributed by atoms with Gasteiger partial charge in [0.15, 0.2) is 18.8 Å². The van der Waals surface area contributed by atoms with Crippen molar-refractivity contribution in [3.8, 4) is 0 Å². The van der Waals surface area contributed by atoms with Gasteiger partial charge in [-0.3, -0.25) is 9.79 Å². The van der Waals surface area contributed by atoms with Crippen LogP contribution in [0.15, 0.2) is 94.3 Å². The zero-order valence-corrected chi connectivity index (χ0v) is 30.9. The molecule has 1 unspecified atom stereocenters. The fourth-order valence-corrected chi connectivity index (χ4v) is 7.66. The number of alkyl carbamates (subject to hydrolysis) is 1. The van der Waals surface area contributed by atoms with Crippen LogP contribution in [0.25, 0.3) is 0 Å². The molecule has 0 fully saturated rings. The van der Waals surface area contributed by atoms with Crippen molar-refractivity contribution in [3.05, 3.63) is 102 Å². The van der Waals surface area contributed by atoms with E-state index in [1.807, 2.05) is 80.1 Å². The Balaban J connectivity index is 1.28. The Labute approximate surface area is 309 Å². The largest absolute Gasteiger partial charge is 0.445 e. The molecule has 0 saturated heterocycles. The quantitative estimate of drug-likeness (QED) is 0.137. The zero-order valence-electron chi connectivity index (χ0n) is 30.1. The van der Waals surface area contributed by atoms with Crippen molar-refractivity contribution in [3.63, 3.8) is 0 Å². The van der Waals surface area contributed by atoms with E-state index in [9.17, 15) is 19.5 Å². The minimum absolute atomic E-state index is 0.116. The minimum atomic E-state index is -1.07. The molecule has 4 N–H and O–H groups in total. The van der Waals surface area contributed by atoms with Crippen molar-refractivity contribution in [1.29, 1.82) is 0 Å². The summed E-state index contributed by atoms with van der Waals surface area (Å²) in [6, 6.07) is 16.7. The summed E-state index contributed by atoms with van der Waals surface area (Å²) < 4.78 is 10.5. The fraction of sp³-hybridized carbons (Fsp3) is 0.462. The Kier molecular flexibility index (Phi) is 13.9. The first-order chi connectivity index (χ1) is 25.1. The van der Waals surface area contributed by atoms with Crippen molar-refractivity contribution in [2.75, 3.05) is 19.3 Å². The number of rotatable bonds is 17. The van der Waals surface area contributed by atoms with Crippen molar-refractivity contribution >= 4 is 35.3 Å². The van der Waals surface area contributed by atoms with E-state index in [0.717, 1.165) is 36.1 Å². The monoisotopic (exact) mass is 730 g/mol. The van der Waals surface area contributed by atoms with Gasteiger partial charge >= 0.3 is 12.1 Å². The van der Waals surface area contributed by atoms with Crippen LogP contribution in [0.3, 0.4) is 0 Å². The van der Waals surface area contributed by atoms with E-state index in [4.69, 9.17) is 14.1 Å². The second-order valence-electron chi connectivity index (χ2n) is 13.9. The van der Waals surface area contributed by atoms with Crippen LogP contribution in [0.5, 0.6) is 0 Å². The molecule has 12 nitrogen and oxygen atoms in total. The topological polar surface area (TPSA) is 158 Å². The number of aliphatic imine (C=N–C) groups is 1. The number of likely N-dealkylation sites (N-methyl/N-ethyl adjacent to an activating group) is 1. The summed E-state index contributed by atoms with van der Waals surface area (Å²) in [5, 5.41) is 20.6. The smallest absolute Gasteiger partial charge is 0.407 e. The number of amides is 4. The molecule has 0 spiro atoms. The van der Waals surface area contributed by atoms with Crippen LogP contribution in [0, 0.1) is 5.92 Å². The molecule has 2 aliphatic rings. The van der Waals surface area contributed by atoms with E-state index in [0.29, 0.717) is 25.1 Å². The number of thioether (sulfide) groups is 1. The van der Waals surface area contributed by atoms with E-state index in [1.54, 1.807) is 23.7 Å². The van der Waals surface area contributed by atoms with Gasteiger partial charge in [-0.25, -0.2) is 14.6 Å². The van der Waals surface area contributed by atoms with E-state index in [1.165, 1.54) is 18.2 Å². The van der Waals surface area contributed by atoms with Crippen LogP contribution in [-0.2, 0) is 29.0 Å². The Hall–Kier alpha value is -4.62. The first-order valence-corrected chi connectivity index (χ1v) is 18.9. The lowest BCUT2D eigenvalue weighted by molar-refractivity contribution is -0.124. The third-order valence-corrected chi connectivity index (χ3v) is 10.4. The maximum absolute atomic E-state index is 14.0. The Bertz CT molecular complexity index is 1650. The molecule has 5 atom stereocenters. The van der Waals surface area contributed by atoms with Gasteiger partial charge in [-0.15, -0.1) is 11.8 Å². The predicted molar refractivity (Wildman–Crippen MR) is 202 cm³/mol. The average Bonchev–Trinajstić information content (AvgIpc) is 3.95. The summed E-state index contributed by atoms with van der Waals surface area (Å²) in [6.07, 6.45) is 7.13. The number of carbonyl (C=O) groups excluding carboxylic acids is 3. The number of hydrogen-bond acceptors (Lipinski definition) is 9. The highest BCUT2D eigenvalue weighted by Gasteiger charge is 2.40. The highest BCUT2D eigenvalue weighted by molar-refractivity contribution is 8.12. The lowest BCUT2D eigenvalue weighted by atomic mass is 9.91. The van der Waals surface area contributed by atoms with E-state index >= 15 is 0 Å². The second-order valence-corrected chi connectivity index (χ2v) is 14.7. The number of urea groups is 1. The zero-order chi connectivity index (χ0) is 36.9. The van der Waals surface area contributed by atoms with Crippen molar-refractivity contribution in [2.24, 2.45) is 10.9 Å². The van der Waals surface area contributed by atoms with Crippen LogP contribution < -0.4 is 16.0 Å². The van der Waals surface area contributed by atoms with Crippen LogP contribution in [0.4, 0.5) is 9.59 Å². The number of aliphatic hydroxyl groups excluding tert-OH is 1. The number of oxazole rings is 1. The number of aliphatic hydroxyl groups is 1. The molecule has 1 aliphatic carbocycles. The molecule has 0 radical (unpaired) electrons. The van der Waals surface area contributed by atoms with E-state index in [-0.39, 0.29) is 30.9 Å². The van der Waals surface area contributed by atoms with Crippen LogP contribution in [0.2, 0.25) is 0 Å². The number of carbonyl (C=O) groups is 3. The first-order valence-electron chi connectivity index (χ1n) is 17.9. The fourth-order valence-electron chi connectivity index (χ4n) is 6.68. The Morgan fingerprint density at radius 1 is 1.02 bits per heavy atom. The van der Waals surface area contributed by atoms with Crippen molar-refractivity contribution < 1.29 is 28.6 Å². The van der Waals surface area contributed by atoms with Gasteiger partial charge in [0.2, 0.25) is 5.91 Å². The van der Waals surface area contributed by atoms with E-state index < -0.39 is 35.9 Å². The number of ether oxygens (including phenoxy) is 1. The number of allylic oxidation sites excluding steroid dienone is 1. The maximum atomic E-state index is 14.0. The third kappa shape index (κ3) is 10.9.